The van der Waals surface area contributed by atoms with Crippen molar-refractivity contribution in [2.45, 2.75) is 19.4 Å². The summed E-state index contributed by atoms with van der Waals surface area (Å²) in [5.74, 6) is -0.578. The molecule has 138 valence electrons. The van der Waals surface area contributed by atoms with Crippen LogP contribution in [0.1, 0.15) is 18.4 Å². The van der Waals surface area contributed by atoms with E-state index in [1.165, 1.54) is 16.7 Å². The number of carbonyl (C=O) groups excluding carboxylic acids is 1. The minimum atomic E-state index is -0.706. The fraction of sp³-hybridized carbons (Fsp3) is 0.368. The molecule has 0 bridgehead atoms. The Morgan fingerprint density at radius 3 is 2.58 bits per heavy atom. The lowest BCUT2D eigenvalue weighted by Gasteiger charge is -2.34. The zero-order valence-corrected chi connectivity index (χ0v) is 14.4. The average Bonchev–Trinajstić information content (AvgIpc) is 2.67. The summed E-state index contributed by atoms with van der Waals surface area (Å²) in [6, 6.07) is 9.21. The number of hydrogen-bond donors (Lipinski definition) is 2. The standard InChI is InChI=1S/C19H22FN3O3/c20-15-5-3-14(4-6-15)12-23-9-1-2-16(17(23)24)22-18(25)19(13-21)7-10-26-11-8-19/h1-6,9H,7-8,10-13,21H2,(H,22,25). The Labute approximate surface area is 150 Å². The normalized spacial score (nSPS) is 16.2. The van der Waals surface area contributed by atoms with Gasteiger partial charge in [-0.2, -0.15) is 0 Å². The highest BCUT2D eigenvalue weighted by molar-refractivity contribution is 5.95. The van der Waals surface area contributed by atoms with Gasteiger partial charge in [-0.05, 0) is 42.7 Å². The van der Waals surface area contributed by atoms with Gasteiger partial charge in [0.15, 0.2) is 0 Å². The second-order valence-electron chi connectivity index (χ2n) is 6.53. The van der Waals surface area contributed by atoms with Crippen molar-refractivity contribution in [3.05, 3.63) is 64.3 Å². The Morgan fingerprint density at radius 2 is 1.92 bits per heavy atom. The number of nitrogens with zero attached hydrogens (tertiary/aromatic N) is 1. The number of nitrogens with two attached hydrogens (primary N) is 1. The van der Waals surface area contributed by atoms with Gasteiger partial charge in [0.25, 0.3) is 5.56 Å². The van der Waals surface area contributed by atoms with Crippen molar-refractivity contribution in [3.63, 3.8) is 0 Å². The van der Waals surface area contributed by atoms with Crippen LogP contribution in [0.4, 0.5) is 10.1 Å². The van der Waals surface area contributed by atoms with E-state index in [1.807, 2.05) is 0 Å². The molecule has 2 aromatic rings. The van der Waals surface area contributed by atoms with Crippen LogP contribution in [0, 0.1) is 11.2 Å². The first-order valence-electron chi connectivity index (χ1n) is 8.57. The van der Waals surface area contributed by atoms with E-state index in [-0.39, 0.29) is 29.5 Å². The summed E-state index contributed by atoms with van der Waals surface area (Å²) in [6.45, 7) is 1.46. The molecule has 6 nitrogen and oxygen atoms in total. The molecule has 1 aliphatic rings. The van der Waals surface area contributed by atoms with Crippen LogP contribution in [-0.2, 0) is 16.1 Å². The minimum absolute atomic E-state index is 0.207. The van der Waals surface area contributed by atoms with Gasteiger partial charge in [0.2, 0.25) is 5.91 Å². The van der Waals surface area contributed by atoms with Crippen LogP contribution in [0.15, 0.2) is 47.4 Å². The third-order valence-corrected chi connectivity index (χ3v) is 4.86. The summed E-state index contributed by atoms with van der Waals surface area (Å²) in [5, 5.41) is 2.74. The van der Waals surface area contributed by atoms with Crippen LogP contribution in [-0.4, -0.2) is 30.2 Å². The number of amides is 1. The van der Waals surface area contributed by atoms with Crippen LogP contribution in [0.3, 0.4) is 0 Å². The van der Waals surface area contributed by atoms with E-state index >= 15 is 0 Å². The van der Waals surface area contributed by atoms with Crippen molar-refractivity contribution in [1.29, 1.82) is 0 Å². The van der Waals surface area contributed by atoms with Gasteiger partial charge in [0.1, 0.15) is 11.5 Å². The summed E-state index contributed by atoms with van der Waals surface area (Å²) in [5.41, 5.74) is 5.82. The van der Waals surface area contributed by atoms with E-state index < -0.39 is 5.41 Å². The lowest BCUT2D eigenvalue weighted by Crippen LogP contribution is -2.47. The molecule has 0 unspecified atom stereocenters. The topological polar surface area (TPSA) is 86.4 Å². The summed E-state index contributed by atoms with van der Waals surface area (Å²) in [6.07, 6.45) is 2.70. The molecule has 2 heterocycles. The molecule has 1 saturated heterocycles. The molecule has 1 fully saturated rings. The smallest absolute Gasteiger partial charge is 0.274 e. The summed E-state index contributed by atoms with van der Waals surface area (Å²) in [4.78, 5) is 25.4. The van der Waals surface area contributed by atoms with Gasteiger partial charge < -0.3 is 20.4 Å². The molecule has 3 N–H and O–H groups in total. The van der Waals surface area contributed by atoms with Crippen molar-refractivity contribution in [2.24, 2.45) is 11.1 Å². The maximum absolute atomic E-state index is 13.0. The van der Waals surface area contributed by atoms with Gasteiger partial charge in [-0.25, -0.2) is 4.39 Å². The van der Waals surface area contributed by atoms with E-state index in [4.69, 9.17) is 10.5 Å². The first kappa shape index (κ1) is 18.3. The first-order chi connectivity index (χ1) is 12.5. The number of anilines is 1. The number of halogens is 1. The predicted molar refractivity (Wildman–Crippen MR) is 96.4 cm³/mol. The van der Waals surface area contributed by atoms with Gasteiger partial charge in [0.05, 0.1) is 12.0 Å². The van der Waals surface area contributed by atoms with E-state index in [2.05, 4.69) is 5.32 Å². The Bertz CT molecular complexity index is 827. The largest absolute Gasteiger partial charge is 0.381 e. The lowest BCUT2D eigenvalue weighted by molar-refractivity contribution is -0.130. The van der Waals surface area contributed by atoms with Gasteiger partial charge in [0, 0.05) is 26.0 Å². The monoisotopic (exact) mass is 359 g/mol. The van der Waals surface area contributed by atoms with Crippen LogP contribution >= 0.6 is 0 Å². The molecular formula is C19H22FN3O3. The quantitative estimate of drug-likeness (QED) is 0.851. The average molecular weight is 359 g/mol. The highest BCUT2D eigenvalue weighted by Gasteiger charge is 2.39. The van der Waals surface area contributed by atoms with Gasteiger partial charge >= 0.3 is 0 Å². The molecular weight excluding hydrogens is 337 g/mol. The van der Waals surface area contributed by atoms with Gasteiger partial charge in [-0.3, -0.25) is 9.59 Å². The lowest BCUT2D eigenvalue weighted by atomic mass is 9.79. The highest BCUT2D eigenvalue weighted by Crippen LogP contribution is 2.30. The molecule has 1 aliphatic heterocycles. The molecule has 0 radical (unpaired) electrons. The number of ether oxygens (including phenoxy) is 1. The molecule has 1 aromatic carbocycles. The molecule has 3 rings (SSSR count). The van der Waals surface area contributed by atoms with Crippen molar-refractivity contribution in [3.8, 4) is 0 Å². The summed E-state index contributed by atoms with van der Waals surface area (Å²) in [7, 11) is 0. The third kappa shape index (κ3) is 3.84. The van der Waals surface area contributed by atoms with Gasteiger partial charge in [-0.15, -0.1) is 0 Å². The number of benzene rings is 1. The zero-order chi connectivity index (χ0) is 18.6. The van der Waals surface area contributed by atoms with Gasteiger partial charge in [-0.1, -0.05) is 12.1 Å². The Morgan fingerprint density at radius 1 is 1.23 bits per heavy atom. The minimum Gasteiger partial charge on any atom is -0.381 e. The van der Waals surface area contributed by atoms with Crippen LogP contribution in [0.25, 0.3) is 0 Å². The summed E-state index contributed by atoms with van der Waals surface area (Å²) >= 11 is 0. The fourth-order valence-corrected chi connectivity index (χ4v) is 3.08. The molecule has 0 atom stereocenters. The molecule has 0 aliphatic carbocycles. The Balaban J connectivity index is 1.79. The number of carbonyl (C=O) groups is 1. The zero-order valence-electron chi connectivity index (χ0n) is 14.4. The molecule has 1 aromatic heterocycles. The SMILES string of the molecule is NCC1(C(=O)Nc2cccn(Cc3ccc(F)cc3)c2=O)CCOCC1. The molecule has 1 amide bonds. The predicted octanol–water partition coefficient (Wildman–Crippen LogP) is 1.73. The molecule has 7 heteroatoms. The van der Waals surface area contributed by atoms with Crippen LogP contribution in [0.2, 0.25) is 0 Å². The number of rotatable bonds is 5. The fourth-order valence-electron chi connectivity index (χ4n) is 3.08. The van der Waals surface area contributed by atoms with Crippen molar-refractivity contribution < 1.29 is 13.9 Å². The number of nitrogens with one attached hydrogen (secondary N) is 1. The maximum Gasteiger partial charge on any atom is 0.274 e. The summed E-state index contributed by atoms with van der Waals surface area (Å²) < 4.78 is 19.8. The number of hydrogen-bond acceptors (Lipinski definition) is 4. The number of aromatic nitrogens is 1. The van der Waals surface area contributed by atoms with E-state index in [9.17, 15) is 14.0 Å². The molecule has 0 saturated carbocycles. The number of pyridine rings is 1. The second kappa shape index (κ2) is 7.80. The van der Waals surface area contributed by atoms with Crippen molar-refractivity contribution in [2.75, 3.05) is 25.1 Å². The van der Waals surface area contributed by atoms with Crippen molar-refractivity contribution in [1.82, 2.24) is 4.57 Å². The highest BCUT2D eigenvalue weighted by atomic mass is 19.1. The van der Waals surface area contributed by atoms with E-state index in [0.29, 0.717) is 32.6 Å². The Kier molecular flexibility index (Phi) is 5.49. The molecule has 26 heavy (non-hydrogen) atoms. The van der Waals surface area contributed by atoms with Crippen LogP contribution in [0.5, 0.6) is 0 Å². The Hall–Kier alpha value is -2.51. The van der Waals surface area contributed by atoms with E-state index in [1.54, 1.807) is 30.5 Å². The molecule has 0 spiro atoms. The van der Waals surface area contributed by atoms with Crippen molar-refractivity contribution >= 4 is 11.6 Å². The third-order valence-electron chi connectivity index (χ3n) is 4.86. The second-order valence-corrected chi connectivity index (χ2v) is 6.53. The van der Waals surface area contributed by atoms with E-state index in [0.717, 1.165) is 5.56 Å². The maximum atomic E-state index is 13.0. The van der Waals surface area contributed by atoms with Crippen LogP contribution < -0.4 is 16.6 Å². The first-order valence-corrected chi connectivity index (χ1v) is 8.57.